The van der Waals surface area contributed by atoms with Crippen molar-refractivity contribution in [2.75, 3.05) is 19.9 Å². The summed E-state index contributed by atoms with van der Waals surface area (Å²) in [5.41, 5.74) is 0.908. The molecule has 3 rings (SSSR count). The highest BCUT2D eigenvalue weighted by molar-refractivity contribution is 5.45. The molecule has 0 aromatic heterocycles. The number of nitrogens with zero attached hydrogens (tertiary/aromatic N) is 1. The maximum atomic E-state index is 10.4. The van der Waals surface area contributed by atoms with Gasteiger partial charge in [-0.2, -0.15) is 0 Å². The van der Waals surface area contributed by atoms with E-state index in [1.807, 2.05) is 18.2 Å². The summed E-state index contributed by atoms with van der Waals surface area (Å²) in [5.74, 6) is 1.51. The van der Waals surface area contributed by atoms with E-state index in [0.717, 1.165) is 30.0 Å². The molecule has 2 atom stereocenters. The smallest absolute Gasteiger partial charge is 0.231 e. The van der Waals surface area contributed by atoms with Gasteiger partial charge < -0.3 is 14.6 Å². The molecule has 4 heteroatoms. The second-order valence-corrected chi connectivity index (χ2v) is 5.33. The Morgan fingerprint density at radius 1 is 1.37 bits per heavy atom. The van der Waals surface area contributed by atoms with Gasteiger partial charge in [-0.3, -0.25) is 4.90 Å². The Kier molecular flexibility index (Phi) is 3.62. The largest absolute Gasteiger partial charge is 0.454 e. The fourth-order valence-corrected chi connectivity index (χ4v) is 3.05. The van der Waals surface area contributed by atoms with E-state index in [9.17, 15) is 5.11 Å². The highest BCUT2D eigenvalue weighted by Gasteiger charge is 2.26. The SMILES string of the molecule is CCC1CCCN1CC(O)c1ccc2c(c1)OCO2. The Hall–Kier alpha value is -1.26. The van der Waals surface area contributed by atoms with E-state index < -0.39 is 6.10 Å². The van der Waals surface area contributed by atoms with Gasteiger partial charge in [-0.25, -0.2) is 0 Å². The monoisotopic (exact) mass is 263 g/mol. The average Bonchev–Trinajstić information content (AvgIpc) is 3.05. The molecule has 1 N–H and O–H groups in total. The van der Waals surface area contributed by atoms with E-state index >= 15 is 0 Å². The summed E-state index contributed by atoms with van der Waals surface area (Å²) in [5, 5.41) is 10.4. The summed E-state index contributed by atoms with van der Waals surface area (Å²) >= 11 is 0. The van der Waals surface area contributed by atoms with E-state index in [2.05, 4.69) is 11.8 Å². The number of hydrogen-bond acceptors (Lipinski definition) is 4. The third-order valence-corrected chi connectivity index (χ3v) is 4.16. The number of β-amino-alcohol motifs (C(OH)–C–C–N with tert-alkyl or cyclic N) is 1. The Morgan fingerprint density at radius 3 is 3.05 bits per heavy atom. The number of benzene rings is 1. The van der Waals surface area contributed by atoms with Crippen LogP contribution < -0.4 is 9.47 Å². The quantitative estimate of drug-likeness (QED) is 0.905. The fourth-order valence-electron chi connectivity index (χ4n) is 3.05. The van der Waals surface area contributed by atoms with E-state index in [1.54, 1.807) is 0 Å². The molecule has 1 aromatic rings. The summed E-state index contributed by atoms with van der Waals surface area (Å²) in [6.45, 7) is 4.30. The molecule has 2 heterocycles. The number of rotatable bonds is 4. The molecule has 0 spiro atoms. The van der Waals surface area contributed by atoms with Gasteiger partial charge in [0.1, 0.15) is 0 Å². The van der Waals surface area contributed by atoms with Crippen LogP contribution in [0.5, 0.6) is 11.5 Å². The number of aliphatic hydroxyl groups is 1. The minimum absolute atomic E-state index is 0.277. The van der Waals surface area contributed by atoms with Gasteiger partial charge in [0.2, 0.25) is 6.79 Å². The molecule has 0 bridgehead atoms. The molecule has 1 aromatic carbocycles. The first kappa shape index (κ1) is 12.8. The Bertz CT molecular complexity index is 449. The van der Waals surface area contributed by atoms with Crippen LogP contribution in [0.15, 0.2) is 18.2 Å². The van der Waals surface area contributed by atoms with Gasteiger partial charge in [0.05, 0.1) is 6.10 Å². The maximum absolute atomic E-state index is 10.4. The van der Waals surface area contributed by atoms with Crippen molar-refractivity contribution in [1.29, 1.82) is 0 Å². The van der Waals surface area contributed by atoms with Crippen LogP contribution in [0.25, 0.3) is 0 Å². The zero-order valence-corrected chi connectivity index (χ0v) is 11.3. The third kappa shape index (κ3) is 2.55. The molecular formula is C15H21NO3. The molecule has 0 amide bonds. The topological polar surface area (TPSA) is 41.9 Å². The standard InChI is InChI=1S/C15H21NO3/c1-2-12-4-3-7-16(12)9-13(17)11-5-6-14-15(8-11)19-10-18-14/h5-6,8,12-13,17H,2-4,7,9-10H2,1H3. The molecule has 2 unspecified atom stereocenters. The van der Waals surface area contributed by atoms with Crippen molar-refractivity contribution in [3.8, 4) is 11.5 Å². The van der Waals surface area contributed by atoms with Gasteiger partial charge in [-0.05, 0) is 43.5 Å². The van der Waals surface area contributed by atoms with Crippen LogP contribution in [0.1, 0.15) is 37.9 Å². The Morgan fingerprint density at radius 2 is 2.21 bits per heavy atom. The van der Waals surface area contributed by atoms with Crippen LogP contribution >= 0.6 is 0 Å². The average molecular weight is 263 g/mol. The van der Waals surface area contributed by atoms with Crippen LogP contribution in [0.4, 0.5) is 0 Å². The highest BCUT2D eigenvalue weighted by Crippen LogP contribution is 2.34. The molecule has 0 radical (unpaired) electrons. The van der Waals surface area contributed by atoms with Gasteiger partial charge in [0.25, 0.3) is 0 Å². The van der Waals surface area contributed by atoms with Crippen molar-refractivity contribution in [2.24, 2.45) is 0 Å². The summed E-state index contributed by atoms with van der Waals surface area (Å²) < 4.78 is 10.6. The van der Waals surface area contributed by atoms with E-state index in [-0.39, 0.29) is 6.79 Å². The third-order valence-electron chi connectivity index (χ3n) is 4.16. The zero-order valence-electron chi connectivity index (χ0n) is 11.3. The predicted molar refractivity (Wildman–Crippen MR) is 72.4 cm³/mol. The van der Waals surface area contributed by atoms with Crippen molar-refractivity contribution in [2.45, 2.75) is 38.3 Å². The number of hydrogen-bond donors (Lipinski definition) is 1. The van der Waals surface area contributed by atoms with Crippen LogP contribution in [0.3, 0.4) is 0 Å². The van der Waals surface area contributed by atoms with Gasteiger partial charge >= 0.3 is 0 Å². The lowest BCUT2D eigenvalue weighted by Gasteiger charge is -2.26. The summed E-state index contributed by atoms with van der Waals surface area (Å²) in [4.78, 5) is 2.40. The molecule has 2 aliphatic heterocycles. The lowest BCUT2D eigenvalue weighted by molar-refractivity contribution is 0.105. The molecule has 1 saturated heterocycles. The summed E-state index contributed by atoms with van der Waals surface area (Å²) in [6, 6.07) is 6.32. The highest BCUT2D eigenvalue weighted by atomic mass is 16.7. The number of fused-ring (bicyclic) bond motifs is 1. The molecule has 0 saturated carbocycles. The fraction of sp³-hybridized carbons (Fsp3) is 0.600. The van der Waals surface area contributed by atoms with Crippen LogP contribution in [-0.2, 0) is 0 Å². The first-order chi connectivity index (χ1) is 9.28. The van der Waals surface area contributed by atoms with Crippen LogP contribution in [-0.4, -0.2) is 35.9 Å². The van der Waals surface area contributed by atoms with Crippen molar-refractivity contribution in [3.05, 3.63) is 23.8 Å². The lowest BCUT2D eigenvalue weighted by atomic mass is 10.1. The van der Waals surface area contributed by atoms with Crippen LogP contribution in [0, 0.1) is 0 Å². The molecular weight excluding hydrogens is 242 g/mol. The Labute approximate surface area is 113 Å². The van der Waals surface area contributed by atoms with Crippen molar-refractivity contribution in [1.82, 2.24) is 4.90 Å². The van der Waals surface area contributed by atoms with E-state index in [4.69, 9.17) is 9.47 Å². The molecule has 1 fully saturated rings. The van der Waals surface area contributed by atoms with Gasteiger partial charge in [0.15, 0.2) is 11.5 Å². The minimum Gasteiger partial charge on any atom is -0.454 e. The first-order valence-electron chi connectivity index (χ1n) is 7.09. The molecule has 0 aliphatic carbocycles. The second-order valence-electron chi connectivity index (χ2n) is 5.33. The molecule has 2 aliphatic rings. The van der Waals surface area contributed by atoms with Gasteiger partial charge in [-0.15, -0.1) is 0 Å². The van der Waals surface area contributed by atoms with Crippen LogP contribution in [0.2, 0.25) is 0 Å². The van der Waals surface area contributed by atoms with Crippen molar-refractivity contribution >= 4 is 0 Å². The lowest BCUT2D eigenvalue weighted by Crippen LogP contribution is -2.32. The Balaban J connectivity index is 1.68. The van der Waals surface area contributed by atoms with Crippen molar-refractivity contribution in [3.63, 3.8) is 0 Å². The number of ether oxygens (including phenoxy) is 2. The van der Waals surface area contributed by atoms with Gasteiger partial charge in [0, 0.05) is 12.6 Å². The zero-order chi connectivity index (χ0) is 13.2. The second kappa shape index (κ2) is 5.39. The van der Waals surface area contributed by atoms with E-state index in [1.165, 1.54) is 12.8 Å². The van der Waals surface area contributed by atoms with Gasteiger partial charge in [-0.1, -0.05) is 13.0 Å². The summed E-state index contributed by atoms with van der Waals surface area (Å²) in [6.07, 6.45) is 3.20. The molecule has 4 nitrogen and oxygen atoms in total. The minimum atomic E-state index is -0.457. The maximum Gasteiger partial charge on any atom is 0.231 e. The summed E-state index contributed by atoms with van der Waals surface area (Å²) in [7, 11) is 0. The van der Waals surface area contributed by atoms with E-state index in [0.29, 0.717) is 12.6 Å². The number of likely N-dealkylation sites (tertiary alicyclic amines) is 1. The first-order valence-corrected chi connectivity index (χ1v) is 7.09. The predicted octanol–water partition coefficient (Wildman–Crippen LogP) is 2.32. The molecule has 104 valence electrons. The van der Waals surface area contributed by atoms with Crippen molar-refractivity contribution < 1.29 is 14.6 Å². The molecule has 19 heavy (non-hydrogen) atoms. The normalized spacial score (nSPS) is 23.8. The number of aliphatic hydroxyl groups excluding tert-OH is 1.